The summed E-state index contributed by atoms with van der Waals surface area (Å²) in [5.74, 6) is -0.989. The van der Waals surface area contributed by atoms with Gasteiger partial charge in [-0.2, -0.15) is 0 Å². The highest BCUT2D eigenvalue weighted by molar-refractivity contribution is 5.79. The molecule has 3 aromatic rings. The molecule has 6 heteroatoms. The largest absolute Gasteiger partial charge is 0.419 e. The van der Waals surface area contributed by atoms with E-state index in [2.05, 4.69) is 5.32 Å². The fourth-order valence-corrected chi connectivity index (χ4v) is 2.38. The summed E-state index contributed by atoms with van der Waals surface area (Å²) < 4.78 is 19.6. The summed E-state index contributed by atoms with van der Waals surface area (Å²) in [6, 6.07) is 11.3. The van der Waals surface area contributed by atoms with E-state index in [1.165, 1.54) is 16.7 Å². The van der Waals surface area contributed by atoms with Gasteiger partial charge in [-0.25, -0.2) is 9.18 Å². The number of rotatable bonds is 4. The Morgan fingerprint density at radius 3 is 2.83 bits per heavy atom. The maximum Gasteiger partial charge on any atom is 0.419 e. The molecular weight excluding hydrogens is 299 g/mol. The van der Waals surface area contributed by atoms with Gasteiger partial charge in [0, 0.05) is 13.6 Å². The van der Waals surface area contributed by atoms with Crippen LogP contribution in [0.3, 0.4) is 0 Å². The van der Waals surface area contributed by atoms with Crippen LogP contribution in [0.2, 0.25) is 0 Å². The molecule has 0 fully saturated rings. The molecule has 0 aliphatic carbocycles. The monoisotopic (exact) mass is 314 g/mol. The second-order valence-electron chi connectivity index (χ2n) is 5.31. The zero-order chi connectivity index (χ0) is 16.4. The Morgan fingerprint density at radius 1 is 1.22 bits per heavy atom. The van der Waals surface area contributed by atoms with Crippen molar-refractivity contribution in [1.29, 1.82) is 0 Å². The first kappa shape index (κ1) is 15.0. The maximum absolute atomic E-state index is 13.1. The average Bonchev–Trinajstić information content (AvgIpc) is 2.80. The molecule has 1 N–H and O–H groups in total. The topological polar surface area (TPSA) is 64.2 Å². The van der Waals surface area contributed by atoms with E-state index >= 15 is 0 Å². The number of amides is 1. The zero-order valence-electron chi connectivity index (χ0n) is 12.5. The van der Waals surface area contributed by atoms with Gasteiger partial charge in [-0.15, -0.1) is 0 Å². The van der Waals surface area contributed by atoms with Crippen LogP contribution in [0.4, 0.5) is 4.39 Å². The van der Waals surface area contributed by atoms with E-state index in [4.69, 9.17) is 4.42 Å². The second kappa shape index (κ2) is 6.08. The summed E-state index contributed by atoms with van der Waals surface area (Å²) in [6.45, 7) is 0.308. The van der Waals surface area contributed by atoms with Crippen LogP contribution in [0.25, 0.3) is 11.1 Å². The first-order valence-corrected chi connectivity index (χ1v) is 7.12. The summed E-state index contributed by atoms with van der Waals surface area (Å²) in [5.41, 5.74) is 2.62. The van der Waals surface area contributed by atoms with Crippen LogP contribution in [0.5, 0.6) is 0 Å². The molecule has 0 aliphatic heterocycles. The minimum Gasteiger partial charge on any atom is -0.408 e. The van der Waals surface area contributed by atoms with Crippen molar-refractivity contribution in [3.05, 3.63) is 70.0 Å². The Labute approximate surface area is 131 Å². The molecule has 0 aliphatic rings. The second-order valence-corrected chi connectivity index (χ2v) is 5.31. The van der Waals surface area contributed by atoms with Crippen LogP contribution < -0.4 is 11.1 Å². The molecule has 1 aromatic heterocycles. The number of fused-ring (bicyclic) bond motifs is 1. The van der Waals surface area contributed by atoms with Crippen molar-refractivity contribution in [2.75, 3.05) is 0 Å². The number of nitrogens with one attached hydrogen (secondary N) is 1. The SMILES string of the molecule is Cn1c(=O)oc2cc(CNC(=O)Cc3cccc(F)c3)ccc21. The highest BCUT2D eigenvalue weighted by atomic mass is 19.1. The molecule has 0 atom stereocenters. The number of hydrogen-bond donors (Lipinski definition) is 1. The number of benzene rings is 2. The molecule has 3 rings (SSSR count). The third-order valence-electron chi connectivity index (χ3n) is 3.60. The highest BCUT2D eigenvalue weighted by Gasteiger charge is 2.08. The van der Waals surface area contributed by atoms with Gasteiger partial charge in [-0.1, -0.05) is 18.2 Å². The molecular formula is C17H15FN2O3. The number of halogens is 1. The standard InChI is InChI=1S/C17H15FN2O3/c1-20-14-6-5-12(8-15(14)23-17(20)22)10-19-16(21)9-11-3-2-4-13(18)7-11/h2-8H,9-10H2,1H3,(H,19,21). The fourth-order valence-electron chi connectivity index (χ4n) is 2.38. The Kier molecular flexibility index (Phi) is 3.97. The number of carbonyl (C=O) groups is 1. The van der Waals surface area contributed by atoms with Crippen molar-refractivity contribution in [3.63, 3.8) is 0 Å². The van der Waals surface area contributed by atoms with E-state index in [0.29, 0.717) is 23.2 Å². The van der Waals surface area contributed by atoms with Gasteiger partial charge in [-0.3, -0.25) is 9.36 Å². The summed E-state index contributed by atoms with van der Waals surface area (Å²) in [4.78, 5) is 23.4. The Balaban J connectivity index is 1.66. The van der Waals surface area contributed by atoms with Crippen molar-refractivity contribution < 1.29 is 13.6 Å². The molecule has 2 aromatic carbocycles. The van der Waals surface area contributed by atoms with E-state index in [1.54, 1.807) is 31.3 Å². The number of nitrogens with zero attached hydrogens (tertiary/aromatic N) is 1. The number of aryl methyl sites for hydroxylation is 1. The van der Waals surface area contributed by atoms with Crippen molar-refractivity contribution >= 4 is 17.0 Å². The lowest BCUT2D eigenvalue weighted by molar-refractivity contribution is -0.120. The van der Waals surface area contributed by atoms with E-state index in [0.717, 1.165) is 5.56 Å². The molecule has 5 nitrogen and oxygen atoms in total. The lowest BCUT2D eigenvalue weighted by atomic mass is 10.1. The van der Waals surface area contributed by atoms with Crippen LogP contribution >= 0.6 is 0 Å². The highest BCUT2D eigenvalue weighted by Crippen LogP contribution is 2.14. The molecule has 1 heterocycles. The fraction of sp³-hybridized carbons (Fsp3) is 0.176. The van der Waals surface area contributed by atoms with E-state index in [-0.39, 0.29) is 18.1 Å². The van der Waals surface area contributed by atoms with Crippen LogP contribution in [-0.2, 0) is 24.8 Å². The van der Waals surface area contributed by atoms with Gasteiger partial charge >= 0.3 is 5.76 Å². The molecule has 1 amide bonds. The normalized spacial score (nSPS) is 10.9. The minimum absolute atomic E-state index is 0.112. The Bertz CT molecular complexity index is 927. The number of hydrogen-bond acceptors (Lipinski definition) is 3. The smallest absolute Gasteiger partial charge is 0.408 e. The van der Waals surface area contributed by atoms with E-state index < -0.39 is 5.76 Å². The van der Waals surface area contributed by atoms with Gasteiger partial charge < -0.3 is 9.73 Å². The lowest BCUT2D eigenvalue weighted by Gasteiger charge is -2.06. The van der Waals surface area contributed by atoms with Crippen LogP contribution in [0.1, 0.15) is 11.1 Å². The van der Waals surface area contributed by atoms with Crippen molar-refractivity contribution in [1.82, 2.24) is 9.88 Å². The van der Waals surface area contributed by atoms with E-state index in [1.807, 2.05) is 6.07 Å². The summed E-state index contributed by atoms with van der Waals surface area (Å²) in [6.07, 6.45) is 0.112. The molecule has 0 unspecified atom stereocenters. The zero-order valence-corrected chi connectivity index (χ0v) is 12.5. The third kappa shape index (κ3) is 3.31. The molecule has 0 bridgehead atoms. The molecule has 0 spiro atoms. The van der Waals surface area contributed by atoms with Crippen molar-refractivity contribution in [2.24, 2.45) is 7.05 Å². The Morgan fingerprint density at radius 2 is 2.04 bits per heavy atom. The summed E-state index contributed by atoms with van der Waals surface area (Å²) in [5, 5.41) is 2.77. The lowest BCUT2D eigenvalue weighted by Crippen LogP contribution is -2.24. The molecule has 0 saturated carbocycles. The number of aromatic nitrogens is 1. The van der Waals surface area contributed by atoms with Gasteiger partial charge in [0.1, 0.15) is 5.82 Å². The number of carbonyl (C=O) groups excluding carboxylic acids is 1. The third-order valence-corrected chi connectivity index (χ3v) is 3.60. The summed E-state index contributed by atoms with van der Waals surface area (Å²) in [7, 11) is 1.63. The van der Waals surface area contributed by atoms with Gasteiger partial charge in [0.15, 0.2) is 5.58 Å². The Hall–Kier alpha value is -2.89. The first-order chi connectivity index (χ1) is 11.0. The van der Waals surface area contributed by atoms with Gasteiger partial charge in [0.05, 0.1) is 11.9 Å². The predicted molar refractivity (Wildman–Crippen MR) is 83.4 cm³/mol. The average molecular weight is 314 g/mol. The van der Waals surface area contributed by atoms with Crippen LogP contribution in [-0.4, -0.2) is 10.5 Å². The van der Waals surface area contributed by atoms with Gasteiger partial charge in [0.25, 0.3) is 0 Å². The van der Waals surface area contributed by atoms with Gasteiger partial charge in [0.2, 0.25) is 5.91 Å². The predicted octanol–water partition coefficient (Wildman–Crippen LogP) is 2.13. The van der Waals surface area contributed by atoms with Crippen LogP contribution in [0, 0.1) is 5.82 Å². The number of oxazole rings is 1. The summed E-state index contributed by atoms with van der Waals surface area (Å²) >= 11 is 0. The molecule has 118 valence electrons. The maximum atomic E-state index is 13.1. The van der Waals surface area contributed by atoms with Crippen molar-refractivity contribution in [3.8, 4) is 0 Å². The van der Waals surface area contributed by atoms with Crippen LogP contribution in [0.15, 0.2) is 51.7 Å². The quantitative estimate of drug-likeness (QED) is 0.802. The van der Waals surface area contributed by atoms with Crippen molar-refractivity contribution in [2.45, 2.75) is 13.0 Å². The molecule has 23 heavy (non-hydrogen) atoms. The molecule has 0 radical (unpaired) electrons. The minimum atomic E-state index is -0.424. The van der Waals surface area contributed by atoms with E-state index in [9.17, 15) is 14.0 Å². The molecule has 0 saturated heterocycles. The van der Waals surface area contributed by atoms with Gasteiger partial charge in [-0.05, 0) is 35.4 Å². The first-order valence-electron chi connectivity index (χ1n) is 7.12.